The number of hydrogen-bond acceptors (Lipinski definition) is 2. The first-order valence-corrected chi connectivity index (χ1v) is 7.55. The van der Waals surface area contributed by atoms with Gasteiger partial charge in [0.05, 0.1) is 0 Å². The molecule has 0 radical (unpaired) electrons. The van der Waals surface area contributed by atoms with Crippen LogP contribution < -0.4 is 5.32 Å². The summed E-state index contributed by atoms with van der Waals surface area (Å²) in [7, 11) is 0. The minimum atomic E-state index is 0.648. The molecule has 1 aliphatic rings. The Hall–Kier alpha value is -0.0800. The number of likely N-dealkylation sites (tertiary alicyclic amines) is 1. The van der Waals surface area contributed by atoms with Crippen LogP contribution in [0.5, 0.6) is 0 Å². The number of nitrogens with one attached hydrogen (secondary N) is 1. The Morgan fingerprint density at radius 2 is 2.00 bits per heavy atom. The molecule has 1 rings (SSSR count). The van der Waals surface area contributed by atoms with Gasteiger partial charge in [-0.3, -0.25) is 4.90 Å². The van der Waals surface area contributed by atoms with Gasteiger partial charge in [0.25, 0.3) is 0 Å². The molecule has 0 aromatic heterocycles. The van der Waals surface area contributed by atoms with Gasteiger partial charge in [-0.05, 0) is 65.5 Å². The largest absolute Gasteiger partial charge is 0.314 e. The van der Waals surface area contributed by atoms with Gasteiger partial charge in [-0.2, -0.15) is 0 Å². The molecule has 1 fully saturated rings. The zero-order chi connectivity index (χ0) is 12.8. The summed E-state index contributed by atoms with van der Waals surface area (Å²) in [6.07, 6.45) is 5.30. The van der Waals surface area contributed by atoms with Crippen molar-refractivity contribution in [2.24, 2.45) is 5.92 Å². The molecule has 2 nitrogen and oxygen atoms in total. The van der Waals surface area contributed by atoms with E-state index < -0.39 is 0 Å². The van der Waals surface area contributed by atoms with Crippen LogP contribution in [0.15, 0.2) is 0 Å². The van der Waals surface area contributed by atoms with Crippen LogP contribution in [0.25, 0.3) is 0 Å². The summed E-state index contributed by atoms with van der Waals surface area (Å²) in [6.45, 7) is 14.2. The zero-order valence-corrected chi connectivity index (χ0v) is 12.5. The second kappa shape index (κ2) is 7.38. The van der Waals surface area contributed by atoms with Crippen molar-refractivity contribution in [2.75, 3.05) is 13.1 Å². The molecular weight excluding hydrogens is 208 g/mol. The Balaban J connectivity index is 2.37. The molecule has 1 N–H and O–H groups in total. The van der Waals surface area contributed by atoms with Crippen LogP contribution in [0.3, 0.4) is 0 Å². The average molecular weight is 240 g/mol. The number of piperidine rings is 1. The lowest BCUT2D eigenvalue weighted by molar-refractivity contribution is 0.0678. The van der Waals surface area contributed by atoms with Crippen molar-refractivity contribution in [3.8, 4) is 0 Å². The van der Waals surface area contributed by atoms with E-state index in [1.807, 2.05) is 0 Å². The predicted molar refractivity (Wildman–Crippen MR) is 76.4 cm³/mol. The predicted octanol–water partition coefficient (Wildman–Crippen LogP) is 3.27. The van der Waals surface area contributed by atoms with E-state index in [2.05, 4.69) is 44.8 Å². The van der Waals surface area contributed by atoms with E-state index in [4.69, 9.17) is 0 Å². The first kappa shape index (κ1) is 15.0. The molecule has 0 aliphatic carbocycles. The monoisotopic (exact) mass is 240 g/mol. The Bertz CT molecular complexity index is 205. The van der Waals surface area contributed by atoms with Crippen molar-refractivity contribution in [3.63, 3.8) is 0 Å². The van der Waals surface area contributed by atoms with Gasteiger partial charge >= 0.3 is 0 Å². The van der Waals surface area contributed by atoms with E-state index in [0.717, 1.165) is 18.5 Å². The van der Waals surface area contributed by atoms with Gasteiger partial charge in [0.15, 0.2) is 0 Å². The number of hydrogen-bond donors (Lipinski definition) is 1. The fourth-order valence-electron chi connectivity index (χ4n) is 3.11. The lowest BCUT2D eigenvalue weighted by Gasteiger charge is -2.42. The van der Waals surface area contributed by atoms with Crippen molar-refractivity contribution in [2.45, 2.75) is 78.4 Å². The second-order valence-corrected chi connectivity index (χ2v) is 6.04. The third kappa shape index (κ3) is 4.59. The van der Waals surface area contributed by atoms with E-state index in [-0.39, 0.29) is 0 Å². The zero-order valence-electron chi connectivity index (χ0n) is 12.5. The van der Waals surface area contributed by atoms with E-state index >= 15 is 0 Å². The number of rotatable bonds is 6. The van der Waals surface area contributed by atoms with Crippen LogP contribution in [-0.4, -0.2) is 36.1 Å². The molecule has 17 heavy (non-hydrogen) atoms. The molecule has 1 heterocycles. The van der Waals surface area contributed by atoms with Gasteiger partial charge in [0.1, 0.15) is 0 Å². The lowest BCUT2D eigenvalue weighted by atomic mass is 9.90. The standard InChI is InChI=1S/C15H32N2/c1-6-9-16-13(3)11-14(4)17-10-7-8-12(2)15(17)5/h12-16H,6-11H2,1-5H3. The minimum absolute atomic E-state index is 0.648. The molecule has 0 saturated carbocycles. The van der Waals surface area contributed by atoms with E-state index in [9.17, 15) is 0 Å². The Kier molecular flexibility index (Phi) is 6.50. The van der Waals surface area contributed by atoms with E-state index in [0.29, 0.717) is 12.1 Å². The quantitative estimate of drug-likeness (QED) is 0.766. The summed E-state index contributed by atoms with van der Waals surface area (Å²) in [4.78, 5) is 2.72. The van der Waals surface area contributed by atoms with Crippen molar-refractivity contribution in [1.82, 2.24) is 10.2 Å². The van der Waals surface area contributed by atoms with Crippen LogP contribution in [0, 0.1) is 5.92 Å². The molecule has 4 unspecified atom stereocenters. The highest BCUT2D eigenvalue weighted by molar-refractivity contribution is 4.83. The minimum Gasteiger partial charge on any atom is -0.314 e. The maximum atomic E-state index is 3.60. The smallest absolute Gasteiger partial charge is 0.00953 e. The molecule has 0 amide bonds. The van der Waals surface area contributed by atoms with Crippen molar-refractivity contribution >= 4 is 0 Å². The highest BCUT2D eigenvalue weighted by Crippen LogP contribution is 2.25. The normalized spacial score (nSPS) is 30.2. The van der Waals surface area contributed by atoms with Crippen LogP contribution in [0.1, 0.15) is 60.3 Å². The first-order valence-electron chi connectivity index (χ1n) is 7.55. The van der Waals surface area contributed by atoms with Gasteiger partial charge in [0.2, 0.25) is 0 Å². The summed E-state index contributed by atoms with van der Waals surface area (Å²) in [6, 6.07) is 2.12. The molecule has 1 saturated heterocycles. The third-order valence-corrected chi connectivity index (χ3v) is 4.43. The molecule has 1 aliphatic heterocycles. The molecule has 0 aromatic carbocycles. The molecule has 0 aromatic rings. The van der Waals surface area contributed by atoms with Crippen LogP contribution in [0.2, 0.25) is 0 Å². The van der Waals surface area contributed by atoms with E-state index in [1.54, 1.807) is 0 Å². The van der Waals surface area contributed by atoms with Crippen molar-refractivity contribution < 1.29 is 0 Å². The molecule has 0 bridgehead atoms. The van der Waals surface area contributed by atoms with Gasteiger partial charge < -0.3 is 5.32 Å². The van der Waals surface area contributed by atoms with Gasteiger partial charge in [0, 0.05) is 18.1 Å². The van der Waals surface area contributed by atoms with Crippen LogP contribution >= 0.6 is 0 Å². The maximum Gasteiger partial charge on any atom is 0.00953 e. The molecule has 2 heteroatoms. The Morgan fingerprint density at radius 1 is 1.29 bits per heavy atom. The summed E-state index contributed by atoms with van der Waals surface area (Å²) in [5, 5.41) is 3.60. The summed E-state index contributed by atoms with van der Waals surface area (Å²) < 4.78 is 0. The van der Waals surface area contributed by atoms with Crippen LogP contribution in [-0.2, 0) is 0 Å². The van der Waals surface area contributed by atoms with E-state index in [1.165, 1.54) is 32.2 Å². The average Bonchev–Trinajstić information content (AvgIpc) is 2.29. The topological polar surface area (TPSA) is 15.3 Å². The summed E-state index contributed by atoms with van der Waals surface area (Å²) >= 11 is 0. The molecular formula is C15H32N2. The van der Waals surface area contributed by atoms with Crippen LogP contribution in [0.4, 0.5) is 0 Å². The molecule has 4 atom stereocenters. The van der Waals surface area contributed by atoms with Gasteiger partial charge in [-0.25, -0.2) is 0 Å². The van der Waals surface area contributed by atoms with Gasteiger partial charge in [-0.15, -0.1) is 0 Å². The lowest BCUT2D eigenvalue weighted by Crippen LogP contribution is -2.49. The summed E-state index contributed by atoms with van der Waals surface area (Å²) in [5.74, 6) is 0.866. The third-order valence-electron chi connectivity index (χ3n) is 4.43. The highest BCUT2D eigenvalue weighted by Gasteiger charge is 2.28. The molecule has 102 valence electrons. The van der Waals surface area contributed by atoms with Crippen molar-refractivity contribution in [1.29, 1.82) is 0 Å². The van der Waals surface area contributed by atoms with Gasteiger partial charge in [-0.1, -0.05) is 13.8 Å². The fourth-order valence-corrected chi connectivity index (χ4v) is 3.11. The number of nitrogens with zero attached hydrogens (tertiary/aromatic N) is 1. The van der Waals surface area contributed by atoms with Crippen molar-refractivity contribution in [3.05, 3.63) is 0 Å². The maximum absolute atomic E-state index is 3.60. The summed E-state index contributed by atoms with van der Waals surface area (Å²) in [5.41, 5.74) is 0. The fraction of sp³-hybridized carbons (Fsp3) is 1.00. The SMILES string of the molecule is CCCNC(C)CC(C)N1CCCC(C)C1C. The Labute approximate surface area is 108 Å². The Morgan fingerprint density at radius 3 is 2.65 bits per heavy atom. The first-order chi connectivity index (χ1) is 8.06. The molecule has 0 spiro atoms. The second-order valence-electron chi connectivity index (χ2n) is 6.04. The highest BCUT2D eigenvalue weighted by atomic mass is 15.2.